The van der Waals surface area contributed by atoms with Crippen molar-refractivity contribution in [1.29, 1.82) is 0 Å². The lowest BCUT2D eigenvalue weighted by atomic mass is 9.90. The Balaban J connectivity index is 1.28. The third-order valence-corrected chi connectivity index (χ3v) is 6.97. The number of hydrogen-bond donors (Lipinski definition) is 1. The van der Waals surface area contributed by atoms with E-state index in [9.17, 15) is 4.79 Å². The largest absolute Gasteiger partial charge is 0.342 e. The van der Waals surface area contributed by atoms with Crippen LogP contribution in [-0.4, -0.2) is 44.3 Å². The molecule has 2 aromatic heterocycles. The van der Waals surface area contributed by atoms with Crippen molar-refractivity contribution in [2.45, 2.75) is 36.6 Å². The van der Waals surface area contributed by atoms with E-state index in [4.69, 9.17) is 0 Å². The van der Waals surface area contributed by atoms with Gasteiger partial charge in [0.25, 0.3) is 0 Å². The van der Waals surface area contributed by atoms with E-state index in [-0.39, 0.29) is 11.2 Å². The molecule has 1 saturated heterocycles. The number of rotatable bonds is 6. The summed E-state index contributed by atoms with van der Waals surface area (Å²) in [6.07, 6.45) is 3.25. The molecule has 146 valence electrons. The molecular weight excluding hydrogens is 388 g/mol. The Labute approximate surface area is 173 Å². The quantitative estimate of drug-likeness (QED) is 0.606. The van der Waals surface area contributed by atoms with Gasteiger partial charge in [-0.15, -0.1) is 16.4 Å². The zero-order valence-electron chi connectivity index (χ0n) is 15.9. The minimum Gasteiger partial charge on any atom is -0.342 e. The molecule has 0 aliphatic carbocycles. The molecule has 0 spiro atoms. The molecule has 1 amide bonds. The topological polar surface area (TPSA) is 61.9 Å². The van der Waals surface area contributed by atoms with E-state index in [2.05, 4.69) is 45.5 Å². The summed E-state index contributed by atoms with van der Waals surface area (Å²) in [5, 5.41) is 9.68. The van der Waals surface area contributed by atoms with E-state index in [0.717, 1.165) is 43.1 Å². The monoisotopic (exact) mass is 412 g/mol. The first-order valence-corrected chi connectivity index (χ1v) is 11.4. The molecule has 1 fully saturated rings. The Kier molecular flexibility index (Phi) is 6.12. The average Bonchev–Trinajstić information content (AvgIpc) is 3.40. The first kappa shape index (κ1) is 19.2. The number of benzene rings is 1. The first-order valence-electron chi connectivity index (χ1n) is 9.64. The van der Waals surface area contributed by atoms with Crippen LogP contribution < -0.4 is 0 Å². The van der Waals surface area contributed by atoms with Crippen LogP contribution in [0.15, 0.2) is 53.0 Å². The summed E-state index contributed by atoms with van der Waals surface area (Å²) in [7, 11) is 0. The van der Waals surface area contributed by atoms with Crippen molar-refractivity contribution in [3.63, 3.8) is 0 Å². The summed E-state index contributed by atoms with van der Waals surface area (Å²) in [6, 6.07) is 14.6. The van der Waals surface area contributed by atoms with Crippen molar-refractivity contribution in [3.05, 3.63) is 53.4 Å². The van der Waals surface area contributed by atoms with Crippen LogP contribution in [0.5, 0.6) is 0 Å². The molecule has 5 nitrogen and oxygen atoms in total. The summed E-state index contributed by atoms with van der Waals surface area (Å²) in [6.45, 7) is 3.63. The molecule has 7 heteroatoms. The zero-order chi connectivity index (χ0) is 19.3. The highest BCUT2D eigenvalue weighted by Crippen LogP contribution is 2.28. The molecule has 1 unspecified atom stereocenters. The Morgan fingerprint density at radius 1 is 1.25 bits per heavy atom. The second-order valence-electron chi connectivity index (χ2n) is 7.16. The van der Waals surface area contributed by atoms with Gasteiger partial charge in [0.05, 0.1) is 10.1 Å². The maximum absolute atomic E-state index is 12.8. The van der Waals surface area contributed by atoms with E-state index >= 15 is 0 Å². The number of piperidine rings is 1. The minimum atomic E-state index is -0.183. The molecule has 1 aromatic carbocycles. The molecule has 0 radical (unpaired) electrons. The molecule has 0 saturated carbocycles. The standard InChI is InChI=1S/C21H24N4OS2/c1-15(28-21-22-19(23-24-21)18-8-5-13-27-18)20(26)25-11-9-17(10-12-25)14-16-6-3-2-4-7-16/h2-8,13,15,17H,9-12,14H2,1H3,(H,22,23,24). The normalized spacial score (nSPS) is 16.2. The lowest BCUT2D eigenvalue weighted by Gasteiger charge is -2.33. The summed E-state index contributed by atoms with van der Waals surface area (Å²) >= 11 is 3.05. The molecule has 1 atom stereocenters. The Hall–Kier alpha value is -2.12. The number of aromatic amines is 1. The molecule has 28 heavy (non-hydrogen) atoms. The van der Waals surface area contributed by atoms with Gasteiger partial charge in [-0.25, -0.2) is 4.98 Å². The highest BCUT2D eigenvalue weighted by molar-refractivity contribution is 8.00. The van der Waals surface area contributed by atoms with Gasteiger partial charge in [-0.2, -0.15) is 0 Å². The van der Waals surface area contributed by atoms with Crippen molar-refractivity contribution in [2.75, 3.05) is 13.1 Å². The van der Waals surface area contributed by atoms with E-state index in [1.54, 1.807) is 11.3 Å². The lowest BCUT2D eigenvalue weighted by Crippen LogP contribution is -2.42. The van der Waals surface area contributed by atoms with E-state index < -0.39 is 0 Å². The maximum atomic E-state index is 12.8. The van der Waals surface area contributed by atoms with Crippen molar-refractivity contribution >= 4 is 29.0 Å². The molecule has 4 rings (SSSR count). The zero-order valence-corrected chi connectivity index (χ0v) is 17.5. The van der Waals surface area contributed by atoms with E-state index in [1.807, 2.05) is 29.3 Å². The van der Waals surface area contributed by atoms with Crippen LogP contribution in [-0.2, 0) is 11.2 Å². The van der Waals surface area contributed by atoms with Crippen molar-refractivity contribution < 1.29 is 4.79 Å². The smallest absolute Gasteiger partial charge is 0.235 e. The average molecular weight is 413 g/mol. The minimum absolute atomic E-state index is 0.183. The summed E-state index contributed by atoms with van der Waals surface area (Å²) < 4.78 is 0. The van der Waals surface area contributed by atoms with Gasteiger partial charge in [0.2, 0.25) is 11.1 Å². The van der Waals surface area contributed by atoms with Crippen LogP contribution >= 0.6 is 23.1 Å². The van der Waals surface area contributed by atoms with Crippen LogP contribution in [0, 0.1) is 5.92 Å². The molecule has 3 aromatic rings. The summed E-state index contributed by atoms with van der Waals surface area (Å²) in [5.74, 6) is 1.61. The third kappa shape index (κ3) is 4.64. The molecule has 1 N–H and O–H groups in total. The second kappa shape index (κ2) is 8.92. The maximum Gasteiger partial charge on any atom is 0.235 e. The number of carbonyl (C=O) groups excluding carboxylic acids is 1. The molecule has 1 aliphatic heterocycles. The lowest BCUT2D eigenvalue weighted by molar-refractivity contribution is -0.131. The van der Waals surface area contributed by atoms with Gasteiger partial charge in [-0.3, -0.25) is 9.89 Å². The van der Waals surface area contributed by atoms with Crippen LogP contribution in [0.3, 0.4) is 0 Å². The second-order valence-corrected chi connectivity index (χ2v) is 9.42. The number of carbonyl (C=O) groups is 1. The first-order chi connectivity index (χ1) is 13.7. The van der Waals surface area contributed by atoms with Crippen LogP contribution in [0.2, 0.25) is 0 Å². The fourth-order valence-corrected chi connectivity index (χ4v) is 5.07. The van der Waals surface area contributed by atoms with Gasteiger partial charge in [0.15, 0.2) is 5.82 Å². The third-order valence-electron chi connectivity index (χ3n) is 5.14. The van der Waals surface area contributed by atoms with E-state index in [1.165, 1.54) is 17.3 Å². The predicted octanol–water partition coefficient (Wildman–Crippen LogP) is 4.50. The number of amides is 1. The number of aromatic nitrogens is 3. The van der Waals surface area contributed by atoms with Crippen LogP contribution in [0.4, 0.5) is 0 Å². The van der Waals surface area contributed by atoms with Gasteiger partial charge >= 0.3 is 0 Å². The number of nitrogens with one attached hydrogen (secondary N) is 1. The highest BCUT2D eigenvalue weighted by Gasteiger charge is 2.27. The fourth-order valence-electron chi connectivity index (χ4n) is 3.59. The van der Waals surface area contributed by atoms with Gasteiger partial charge in [-0.05, 0) is 49.1 Å². The Bertz CT molecular complexity index is 886. The number of H-pyrrole nitrogens is 1. The fraction of sp³-hybridized carbons (Fsp3) is 0.381. The summed E-state index contributed by atoms with van der Waals surface area (Å²) in [4.78, 5) is 20.4. The van der Waals surface area contributed by atoms with Crippen LogP contribution in [0.1, 0.15) is 25.3 Å². The number of thioether (sulfide) groups is 1. The molecule has 3 heterocycles. The Morgan fingerprint density at radius 2 is 2.04 bits per heavy atom. The number of thiophene rings is 1. The van der Waals surface area contributed by atoms with Gasteiger partial charge in [-0.1, -0.05) is 48.2 Å². The van der Waals surface area contributed by atoms with Gasteiger partial charge < -0.3 is 4.90 Å². The summed E-state index contributed by atoms with van der Waals surface area (Å²) in [5.41, 5.74) is 1.39. The number of likely N-dealkylation sites (tertiary alicyclic amines) is 1. The van der Waals surface area contributed by atoms with Crippen LogP contribution in [0.25, 0.3) is 10.7 Å². The van der Waals surface area contributed by atoms with Crippen molar-refractivity contribution in [3.8, 4) is 10.7 Å². The van der Waals surface area contributed by atoms with Crippen molar-refractivity contribution in [1.82, 2.24) is 20.1 Å². The van der Waals surface area contributed by atoms with Gasteiger partial charge in [0.1, 0.15) is 0 Å². The highest BCUT2D eigenvalue weighted by atomic mass is 32.2. The molecule has 1 aliphatic rings. The van der Waals surface area contributed by atoms with Crippen molar-refractivity contribution in [2.24, 2.45) is 5.92 Å². The number of nitrogens with zero attached hydrogens (tertiary/aromatic N) is 3. The molecular formula is C21H24N4OS2. The predicted molar refractivity (Wildman–Crippen MR) is 114 cm³/mol. The van der Waals surface area contributed by atoms with E-state index in [0.29, 0.717) is 11.1 Å². The number of hydrogen-bond acceptors (Lipinski definition) is 5. The Morgan fingerprint density at radius 3 is 2.75 bits per heavy atom. The SMILES string of the molecule is CC(Sc1n[nH]c(-c2cccs2)n1)C(=O)N1CCC(Cc2ccccc2)CC1. The van der Waals surface area contributed by atoms with Gasteiger partial charge in [0, 0.05) is 13.1 Å². The molecule has 0 bridgehead atoms.